The van der Waals surface area contributed by atoms with Crippen LogP contribution in [0, 0.1) is 0 Å². The topological polar surface area (TPSA) is 62.8 Å². The van der Waals surface area contributed by atoms with Crippen LogP contribution in [0.4, 0.5) is 0 Å². The number of methoxy groups -OCH3 is 1. The zero-order valence-corrected chi connectivity index (χ0v) is 16.5. The molecule has 6 heteroatoms. The average molecular weight is 376 g/mol. The van der Waals surface area contributed by atoms with E-state index in [-0.39, 0.29) is 11.4 Å². The Morgan fingerprint density at radius 2 is 1.85 bits per heavy atom. The van der Waals surface area contributed by atoms with Gasteiger partial charge in [0.2, 0.25) is 5.91 Å². The number of hydrogen-bond acceptors (Lipinski definition) is 5. The number of benzene rings is 1. The molecule has 150 valence electrons. The highest BCUT2D eigenvalue weighted by atomic mass is 16.5. The summed E-state index contributed by atoms with van der Waals surface area (Å²) in [4.78, 5) is 14.8. The number of rotatable bonds is 8. The highest BCUT2D eigenvalue weighted by molar-refractivity contribution is 5.77. The summed E-state index contributed by atoms with van der Waals surface area (Å²) in [5.41, 5.74) is 1.26. The molecule has 1 aliphatic carbocycles. The second kappa shape index (κ2) is 10.1. The van der Waals surface area contributed by atoms with Crippen molar-refractivity contribution < 1.29 is 14.3 Å². The molecule has 6 nitrogen and oxygen atoms in total. The number of nitrogens with zero attached hydrogens (tertiary/aromatic N) is 1. The number of carbonyl (C=O) groups excluding carboxylic acids is 1. The molecule has 1 aliphatic heterocycles. The zero-order chi connectivity index (χ0) is 19.0. The van der Waals surface area contributed by atoms with Crippen molar-refractivity contribution in [1.82, 2.24) is 15.5 Å². The van der Waals surface area contributed by atoms with Gasteiger partial charge in [0.05, 0.1) is 26.9 Å². The average Bonchev–Trinajstić information content (AvgIpc) is 2.74. The van der Waals surface area contributed by atoms with Crippen LogP contribution in [0.25, 0.3) is 0 Å². The highest BCUT2D eigenvalue weighted by Crippen LogP contribution is 2.33. The summed E-state index contributed by atoms with van der Waals surface area (Å²) in [6.07, 6.45) is 6.32. The largest absolute Gasteiger partial charge is 0.497 e. The Morgan fingerprint density at radius 3 is 2.52 bits per heavy atom. The molecule has 2 fully saturated rings. The molecule has 0 atom stereocenters. The fraction of sp³-hybridized carbons (Fsp3) is 0.667. The summed E-state index contributed by atoms with van der Waals surface area (Å²) in [7, 11) is 1.65. The van der Waals surface area contributed by atoms with Crippen molar-refractivity contribution in [1.29, 1.82) is 0 Å². The molecule has 1 aromatic carbocycles. The van der Waals surface area contributed by atoms with Gasteiger partial charge in [0.15, 0.2) is 0 Å². The monoisotopic (exact) mass is 375 g/mol. The van der Waals surface area contributed by atoms with Crippen molar-refractivity contribution in [2.24, 2.45) is 0 Å². The minimum absolute atomic E-state index is 0.0405. The van der Waals surface area contributed by atoms with E-state index in [1.165, 1.54) is 32.1 Å². The van der Waals surface area contributed by atoms with Gasteiger partial charge in [-0.1, -0.05) is 31.4 Å². The quantitative estimate of drug-likeness (QED) is 0.727. The molecule has 2 aliphatic rings. The van der Waals surface area contributed by atoms with Gasteiger partial charge < -0.3 is 20.1 Å². The molecule has 1 saturated heterocycles. The molecule has 0 unspecified atom stereocenters. The number of carbonyl (C=O) groups is 1. The fourth-order valence-electron chi connectivity index (χ4n) is 4.27. The molecular formula is C21H33N3O3. The molecule has 0 radical (unpaired) electrons. The summed E-state index contributed by atoms with van der Waals surface area (Å²) >= 11 is 0. The number of nitrogens with one attached hydrogen (secondary N) is 2. The van der Waals surface area contributed by atoms with E-state index in [0.29, 0.717) is 13.1 Å². The zero-order valence-electron chi connectivity index (χ0n) is 16.5. The van der Waals surface area contributed by atoms with Gasteiger partial charge >= 0.3 is 0 Å². The lowest BCUT2D eigenvalue weighted by atomic mass is 9.79. The van der Waals surface area contributed by atoms with Gasteiger partial charge in [-0.15, -0.1) is 0 Å². The molecule has 1 heterocycles. The third-order valence-corrected chi connectivity index (χ3v) is 5.85. The smallest absolute Gasteiger partial charge is 0.234 e. The van der Waals surface area contributed by atoms with Gasteiger partial charge in [-0.05, 0) is 30.5 Å². The van der Waals surface area contributed by atoms with E-state index in [9.17, 15) is 4.79 Å². The van der Waals surface area contributed by atoms with Crippen LogP contribution in [0.5, 0.6) is 5.75 Å². The van der Waals surface area contributed by atoms with E-state index in [4.69, 9.17) is 9.47 Å². The Bertz CT molecular complexity index is 579. The van der Waals surface area contributed by atoms with E-state index in [0.717, 1.165) is 44.2 Å². The standard InChI is InChI=1S/C21H33N3O3/c1-26-19-7-5-18(6-8-19)15-23-20(25)16-22-17-21(9-3-2-4-10-21)24-11-13-27-14-12-24/h5-8,22H,2-4,9-17H2,1H3,(H,23,25). The van der Waals surface area contributed by atoms with Gasteiger partial charge in [0, 0.05) is 31.7 Å². The maximum Gasteiger partial charge on any atom is 0.234 e. The van der Waals surface area contributed by atoms with Gasteiger partial charge in [-0.2, -0.15) is 0 Å². The third kappa shape index (κ3) is 5.67. The first-order valence-corrected chi connectivity index (χ1v) is 10.1. The van der Waals surface area contributed by atoms with Gasteiger partial charge in [-0.25, -0.2) is 0 Å². The molecule has 0 aromatic heterocycles. The van der Waals surface area contributed by atoms with Crippen LogP contribution < -0.4 is 15.4 Å². The van der Waals surface area contributed by atoms with Gasteiger partial charge in [-0.3, -0.25) is 9.69 Å². The third-order valence-electron chi connectivity index (χ3n) is 5.85. The number of morpholine rings is 1. The lowest BCUT2D eigenvalue weighted by Gasteiger charge is -2.48. The Kier molecular flexibility index (Phi) is 7.50. The van der Waals surface area contributed by atoms with E-state index >= 15 is 0 Å². The van der Waals surface area contributed by atoms with Crippen molar-refractivity contribution >= 4 is 5.91 Å². The van der Waals surface area contributed by atoms with Crippen molar-refractivity contribution in [3.8, 4) is 5.75 Å². The van der Waals surface area contributed by atoms with Crippen molar-refractivity contribution in [2.45, 2.75) is 44.2 Å². The predicted molar refractivity (Wildman–Crippen MR) is 106 cm³/mol. The number of ether oxygens (including phenoxy) is 2. The van der Waals surface area contributed by atoms with Crippen LogP contribution in [0.15, 0.2) is 24.3 Å². The molecule has 1 saturated carbocycles. The lowest BCUT2D eigenvalue weighted by Crippen LogP contribution is -2.59. The van der Waals surface area contributed by atoms with Crippen molar-refractivity contribution in [3.63, 3.8) is 0 Å². The first-order chi connectivity index (χ1) is 13.2. The second-order valence-corrected chi connectivity index (χ2v) is 7.61. The van der Waals surface area contributed by atoms with Crippen LogP contribution >= 0.6 is 0 Å². The van der Waals surface area contributed by atoms with E-state index in [2.05, 4.69) is 15.5 Å². The maximum atomic E-state index is 12.2. The van der Waals surface area contributed by atoms with Crippen LogP contribution in [-0.2, 0) is 16.1 Å². The normalized spacial score (nSPS) is 20.2. The molecular weight excluding hydrogens is 342 g/mol. The predicted octanol–water partition coefficient (Wildman–Crippen LogP) is 1.94. The highest BCUT2D eigenvalue weighted by Gasteiger charge is 2.38. The Morgan fingerprint density at radius 1 is 1.15 bits per heavy atom. The van der Waals surface area contributed by atoms with Crippen LogP contribution in [0.1, 0.15) is 37.7 Å². The minimum Gasteiger partial charge on any atom is -0.497 e. The molecule has 0 spiro atoms. The molecule has 2 N–H and O–H groups in total. The van der Waals surface area contributed by atoms with Crippen LogP contribution in [0.3, 0.4) is 0 Å². The Balaban J connectivity index is 1.44. The summed E-state index contributed by atoms with van der Waals surface area (Å²) < 4.78 is 10.7. The fourth-order valence-corrected chi connectivity index (χ4v) is 4.27. The SMILES string of the molecule is COc1ccc(CNC(=O)CNCC2(N3CCOCC3)CCCCC2)cc1. The molecule has 27 heavy (non-hydrogen) atoms. The van der Waals surface area contributed by atoms with Crippen LogP contribution in [-0.4, -0.2) is 62.8 Å². The maximum absolute atomic E-state index is 12.2. The summed E-state index contributed by atoms with van der Waals surface area (Å²) in [5, 5.41) is 6.42. The van der Waals surface area contributed by atoms with Crippen molar-refractivity contribution in [3.05, 3.63) is 29.8 Å². The van der Waals surface area contributed by atoms with Crippen LogP contribution in [0.2, 0.25) is 0 Å². The lowest BCUT2D eigenvalue weighted by molar-refractivity contribution is -0.120. The van der Waals surface area contributed by atoms with Gasteiger partial charge in [0.1, 0.15) is 5.75 Å². The molecule has 1 aromatic rings. The van der Waals surface area contributed by atoms with Crippen molar-refractivity contribution in [2.75, 3.05) is 46.5 Å². The summed E-state index contributed by atoms with van der Waals surface area (Å²) in [5.74, 6) is 0.867. The second-order valence-electron chi connectivity index (χ2n) is 7.61. The Hall–Kier alpha value is -1.63. The van der Waals surface area contributed by atoms with E-state index in [1.807, 2.05) is 24.3 Å². The minimum atomic E-state index is 0.0405. The Labute approximate surface area is 162 Å². The first kappa shape index (κ1) is 20.1. The first-order valence-electron chi connectivity index (χ1n) is 10.1. The summed E-state index contributed by atoms with van der Waals surface area (Å²) in [6.45, 7) is 5.44. The molecule has 0 bridgehead atoms. The molecule has 1 amide bonds. The van der Waals surface area contributed by atoms with E-state index in [1.54, 1.807) is 7.11 Å². The molecule has 3 rings (SSSR count). The van der Waals surface area contributed by atoms with Gasteiger partial charge in [0.25, 0.3) is 0 Å². The van der Waals surface area contributed by atoms with E-state index < -0.39 is 0 Å². The summed E-state index contributed by atoms with van der Waals surface area (Å²) in [6, 6.07) is 7.77. The number of amides is 1. The number of hydrogen-bond donors (Lipinski definition) is 2.